The second kappa shape index (κ2) is 11.4. The van der Waals surface area contributed by atoms with Crippen LogP contribution in [-0.2, 0) is 26.3 Å². The first-order valence-electron chi connectivity index (χ1n) is 15.2. The largest absolute Gasteiger partial charge is 0.324 e. The quantitative estimate of drug-likeness (QED) is 0.206. The van der Waals surface area contributed by atoms with Gasteiger partial charge in [0.25, 0.3) is 0 Å². The van der Waals surface area contributed by atoms with Crippen LogP contribution in [0.1, 0.15) is 48.3 Å². The fourth-order valence-electron chi connectivity index (χ4n) is 6.42. The molecule has 3 heterocycles. The van der Waals surface area contributed by atoms with Gasteiger partial charge in [0.1, 0.15) is 11.8 Å². The molecule has 0 bridgehead atoms. The normalized spacial score (nSPS) is 19.3. The van der Waals surface area contributed by atoms with E-state index in [1.807, 2.05) is 73.7 Å². The number of rotatable bonds is 5. The molecule has 1 saturated heterocycles. The van der Waals surface area contributed by atoms with Gasteiger partial charge in [-0.1, -0.05) is 122 Å². The van der Waals surface area contributed by atoms with Gasteiger partial charge in [0.2, 0.25) is 17.7 Å². The second-order valence-electron chi connectivity index (χ2n) is 13.0. The van der Waals surface area contributed by atoms with Crippen molar-refractivity contribution < 1.29 is 14.4 Å². The first-order chi connectivity index (χ1) is 22.0. The average molecular weight is 648 g/mol. The van der Waals surface area contributed by atoms with Crippen LogP contribution in [-0.4, -0.2) is 27.5 Å². The van der Waals surface area contributed by atoms with Crippen molar-refractivity contribution in [3.63, 3.8) is 0 Å². The molecule has 2 aliphatic heterocycles. The SMILES string of the molecule is Cc1ccc(N2C(=O)[C@H]3[C@H](c4ccc(C(C)(C)C)cc4)c4sc(=O)n(CC(=O)Nc5cccc6ccccc56)c4S[C@H]3C2=O)cc1. The van der Waals surface area contributed by atoms with Crippen LogP contribution in [0.4, 0.5) is 11.4 Å². The number of amides is 3. The van der Waals surface area contributed by atoms with Crippen molar-refractivity contribution in [2.75, 3.05) is 10.2 Å². The lowest BCUT2D eigenvalue weighted by molar-refractivity contribution is -0.122. The third-order valence-electron chi connectivity index (χ3n) is 8.84. The number of thioether (sulfide) groups is 1. The Balaban J connectivity index is 1.29. The maximum atomic E-state index is 14.2. The number of aryl methyl sites for hydroxylation is 1. The monoisotopic (exact) mass is 647 g/mol. The number of nitrogens with zero attached hydrogens (tertiary/aromatic N) is 2. The number of hydrogen-bond acceptors (Lipinski definition) is 6. The summed E-state index contributed by atoms with van der Waals surface area (Å²) in [4.78, 5) is 57.0. The minimum Gasteiger partial charge on any atom is -0.324 e. The molecule has 5 aromatic rings. The maximum absolute atomic E-state index is 14.2. The molecule has 3 amide bonds. The molecule has 7 rings (SSSR count). The van der Waals surface area contributed by atoms with E-state index in [1.54, 1.807) is 12.1 Å². The van der Waals surface area contributed by atoms with Crippen LogP contribution in [0.25, 0.3) is 10.8 Å². The first kappa shape index (κ1) is 30.2. The molecule has 46 heavy (non-hydrogen) atoms. The zero-order valence-corrected chi connectivity index (χ0v) is 27.6. The number of anilines is 2. The van der Waals surface area contributed by atoms with Crippen molar-refractivity contribution >= 4 is 63.0 Å². The Bertz CT molecular complexity index is 2070. The highest BCUT2D eigenvalue weighted by molar-refractivity contribution is 8.00. The Hall–Kier alpha value is -4.47. The molecule has 0 spiro atoms. The second-order valence-corrected chi connectivity index (χ2v) is 15.1. The van der Waals surface area contributed by atoms with Crippen LogP contribution in [0.15, 0.2) is 101 Å². The summed E-state index contributed by atoms with van der Waals surface area (Å²) in [5.74, 6) is -2.13. The molecule has 9 heteroatoms. The Labute approximate surface area is 275 Å². The van der Waals surface area contributed by atoms with E-state index in [-0.39, 0.29) is 34.6 Å². The van der Waals surface area contributed by atoms with Gasteiger partial charge in [-0.15, -0.1) is 0 Å². The van der Waals surface area contributed by atoms with E-state index in [2.05, 4.69) is 38.2 Å². The van der Waals surface area contributed by atoms with Crippen LogP contribution < -0.4 is 15.1 Å². The van der Waals surface area contributed by atoms with Crippen LogP contribution in [0.5, 0.6) is 0 Å². The Kier molecular flexibility index (Phi) is 7.48. The molecule has 0 aliphatic carbocycles. The molecule has 3 atom stereocenters. The summed E-state index contributed by atoms with van der Waals surface area (Å²) in [6.45, 7) is 8.17. The van der Waals surface area contributed by atoms with Crippen LogP contribution in [0, 0.1) is 12.8 Å². The number of nitrogens with one attached hydrogen (secondary N) is 1. The van der Waals surface area contributed by atoms with Gasteiger partial charge in [-0.2, -0.15) is 0 Å². The van der Waals surface area contributed by atoms with E-state index in [9.17, 15) is 19.2 Å². The number of carbonyl (C=O) groups excluding carboxylic acids is 3. The van der Waals surface area contributed by atoms with E-state index < -0.39 is 17.1 Å². The number of hydrogen-bond donors (Lipinski definition) is 1. The summed E-state index contributed by atoms with van der Waals surface area (Å²) < 4.78 is 1.46. The minimum atomic E-state index is -0.741. The van der Waals surface area contributed by atoms with Crippen molar-refractivity contribution in [2.45, 2.75) is 55.8 Å². The number of carbonyl (C=O) groups is 3. The lowest BCUT2D eigenvalue weighted by Gasteiger charge is -2.31. The molecule has 2 aliphatic rings. The summed E-state index contributed by atoms with van der Waals surface area (Å²) in [7, 11) is 0. The van der Waals surface area contributed by atoms with E-state index in [0.29, 0.717) is 21.3 Å². The number of aromatic nitrogens is 1. The molecular weight excluding hydrogens is 615 g/mol. The van der Waals surface area contributed by atoms with Gasteiger partial charge in [0, 0.05) is 21.9 Å². The van der Waals surface area contributed by atoms with Gasteiger partial charge in [-0.05, 0) is 47.1 Å². The number of benzene rings is 4. The van der Waals surface area contributed by atoms with E-state index in [0.717, 1.165) is 38.8 Å². The number of imide groups is 1. The van der Waals surface area contributed by atoms with Crippen molar-refractivity contribution in [1.82, 2.24) is 4.57 Å². The predicted molar refractivity (Wildman–Crippen MR) is 185 cm³/mol. The summed E-state index contributed by atoms with van der Waals surface area (Å²) in [6, 6.07) is 29.0. The van der Waals surface area contributed by atoms with Crippen LogP contribution in [0.2, 0.25) is 0 Å². The van der Waals surface area contributed by atoms with Gasteiger partial charge in [0.05, 0.1) is 16.6 Å². The Morgan fingerprint density at radius 1 is 0.848 bits per heavy atom. The highest BCUT2D eigenvalue weighted by Gasteiger charge is 2.56. The topological polar surface area (TPSA) is 88.5 Å². The zero-order chi connectivity index (χ0) is 32.3. The van der Waals surface area contributed by atoms with Crippen molar-refractivity contribution in [1.29, 1.82) is 0 Å². The lowest BCUT2D eigenvalue weighted by atomic mass is 9.81. The molecule has 1 aromatic heterocycles. The third kappa shape index (κ3) is 5.17. The minimum absolute atomic E-state index is 0.0678. The maximum Gasteiger partial charge on any atom is 0.308 e. The van der Waals surface area contributed by atoms with Crippen LogP contribution >= 0.6 is 23.1 Å². The van der Waals surface area contributed by atoms with E-state index >= 15 is 0 Å². The van der Waals surface area contributed by atoms with Crippen molar-refractivity contribution in [3.05, 3.63) is 122 Å². The lowest BCUT2D eigenvalue weighted by Crippen LogP contribution is -2.33. The Morgan fingerprint density at radius 3 is 2.26 bits per heavy atom. The fourth-order valence-corrected chi connectivity index (χ4v) is 9.19. The van der Waals surface area contributed by atoms with Gasteiger partial charge in [0.15, 0.2) is 0 Å². The highest BCUT2D eigenvalue weighted by Crippen LogP contribution is 2.54. The average Bonchev–Trinajstić information content (AvgIpc) is 3.47. The molecule has 7 nitrogen and oxygen atoms in total. The number of thiazole rings is 1. The van der Waals surface area contributed by atoms with Gasteiger partial charge in [-0.3, -0.25) is 23.7 Å². The predicted octanol–water partition coefficient (Wildman–Crippen LogP) is 7.10. The summed E-state index contributed by atoms with van der Waals surface area (Å²) in [6.07, 6.45) is 0. The summed E-state index contributed by atoms with van der Waals surface area (Å²) in [5.41, 5.74) is 4.16. The first-order valence-corrected chi connectivity index (χ1v) is 16.9. The van der Waals surface area contributed by atoms with E-state index in [1.165, 1.54) is 21.2 Å². The van der Waals surface area contributed by atoms with Crippen molar-refractivity contribution in [2.24, 2.45) is 5.92 Å². The molecule has 232 valence electrons. The van der Waals surface area contributed by atoms with Gasteiger partial charge < -0.3 is 5.32 Å². The molecule has 1 fully saturated rings. The zero-order valence-electron chi connectivity index (χ0n) is 25.9. The standard InChI is InChI=1S/C37H33N3O4S2/c1-21-12-18-25(19-13-21)40-33(42)30-29(23-14-16-24(17-15-23)37(2,3)4)32-35(45-31(30)34(40)43)39(36(44)46-32)20-28(41)38-27-11-7-9-22-8-5-6-10-26(22)27/h5-19,29-31H,20H2,1-4H3,(H,38,41)/t29-,30-,31+/m0/s1. The molecule has 0 radical (unpaired) electrons. The summed E-state index contributed by atoms with van der Waals surface area (Å²) >= 11 is 2.28. The fraction of sp³-hybridized carbons (Fsp3) is 0.243. The highest BCUT2D eigenvalue weighted by atomic mass is 32.2. The van der Waals surface area contributed by atoms with Gasteiger partial charge in [-0.25, -0.2) is 4.90 Å². The van der Waals surface area contributed by atoms with Gasteiger partial charge >= 0.3 is 4.87 Å². The van der Waals surface area contributed by atoms with Crippen molar-refractivity contribution in [3.8, 4) is 0 Å². The molecule has 0 saturated carbocycles. The third-order valence-corrected chi connectivity index (χ3v) is 11.4. The molecule has 0 unspecified atom stereocenters. The smallest absolute Gasteiger partial charge is 0.308 e. The van der Waals surface area contributed by atoms with Crippen LogP contribution in [0.3, 0.4) is 0 Å². The molecule has 1 N–H and O–H groups in total. The molecule has 4 aromatic carbocycles. The Morgan fingerprint density at radius 2 is 1.54 bits per heavy atom. The van der Waals surface area contributed by atoms with E-state index in [4.69, 9.17) is 0 Å². The number of fused-ring (bicyclic) bond motifs is 3. The molecular formula is C37H33N3O4S2. The summed E-state index contributed by atoms with van der Waals surface area (Å²) in [5, 5.41) is 4.71.